The summed E-state index contributed by atoms with van der Waals surface area (Å²) in [6, 6.07) is 3.16. The third kappa shape index (κ3) is 4.17. The van der Waals surface area contributed by atoms with Crippen LogP contribution in [-0.2, 0) is 0 Å². The maximum absolute atomic E-state index is 14.8. The summed E-state index contributed by atoms with van der Waals surface area (Å²) in [6.45, 7) is -0.105. The molecule has 0 bridgehead atoms. The zero-order chi connectivity index (χ0) is 27.6. The number of rotatable bonds is 4. The van der Waals surface area contributed by atoms with Crippen LogP contribution in [0.3, 0.4) is 0 Å². The van der Waals surface area contributed by atoms with Crippen LogP contribution in [-0.4, -0.2) is 62.7 Å². The number of carbonyl (C=O) groups is 1. The van der Waals surface area contributed by atoms with Crippen molar-refractivity contribution in [2.75, 3.05) is 18.0 Å². The van der Waals surface area contributed by atoms with Crippen LogP contribution in [0.5, 0.6) is 0 Å². The van der Waals surface area contributed by atoms with Gasteiger partial charge in [-0.3, -0.25) is 14.2 Å². The molecular weight excluding hydrogens is 522 g/mol. The molecule has 202 valence electrons. The third-order valence-corrected chi connectivity index (χ3v) is 6.99. The summed E-state index contributed by atoms with van der Waals surface area (Å²) in [5.41, 5.74) is -5.74. The minimum atomic E-state index is -4.80. The average Bonchev–Trinajstić information content (AvgIpc) is 3.14. The molecule has 2 fully saturated rings. The molecule has 38 heavy (non-hydrogen) atoms. The molecule has 0 radical (unpaired) electrons. The van der Waals surface area contributed by atoms with E-state index in [4.69, 9.17) is 0 Å². The number of aliphatic hydroxyl groups excluding tert-OH is 2. The minimum Gasteiger partial charge on any atom is -0.389 e. The number of aromatic nitrogens is 2. The number of alkyl halides is 3. The van der Waals surface area contributed by atoms with Crippen LogP contribution in [0.4, 0.5) is 32.2 Å². The predicted octanol–water partition coefficient (Wildman–Crippen LogP) is 2.56. The van der Waals surface area contributed by atoms with Crippen LogP contribution in [0.2, 0.25) is 0 Å². The van der Waals surface area contributed by atoms with Gasteiger partial charge in [-0.05, 0) is 31.4 Å². The van der Waals surface area contributed by atoms with E-state index in [1.54, 1.807) is 0 Å². The van der Waals surface area contributed by atoms with E-state index in [0.717, 1.165) is 6.07 Å². The van der Waals surface area contributed by atoms with Crippen LogP contribution in [0.25, 0.3) is 16.7 Å². The summed E-state index contributed by atoms with van der Waals surface area (Å²) in [5.74, 6) is -5.42. The highest BCUT2D eigenvalue weighted by atomic mass is 19.4. The van der Waals surface area contributed by atoms with E-state index < -0.39 is 82.5 Å². The van der Waals surface area contributed by atoms with Crippen molar-refractivity contribution in [3.05, 3.63) is 63.7 Å². The second kappa shape index (κ2) is 8.98. The van der Waals surface area contributed by atoms with Gasteiger partial charge in [-0.25, -0.2) is 18.2 Å². The van der Waals surface area contributed by atoms with Gasteiger partial charge in [0.1, 0.15) is 28.4 Å². The fraction of sp³-hybridized carbons (Fsp3) is 0.375. The van der Waals surface area contributed by atoms with Crippen LogP contribution in [0, 0.1) is 17.5 Å². The number of carbonyl (C=O) groups excluding carboxylic acids is 1. The van der Waals surface area contributed by atoms with Crippen molar-refractivity contribution in [1.82, 2.24) is 14.9 Å². The Hall–Kier alpha value is -3.65. The Kier molecular flexibility index (Phi) is 6.14. The largest absolute Gasteiger partial charge is 0.411 e. The molecule has 1 amide bonds. The van der Waals surface area contributed by atoms with Crippen LogP contribution < -0.4 is 15.6 Å². The molecule has 1 saturated carbocycles. The SMILES string of the molecule is O=C(NC1(C(F)(F)F)CCC1)c1cn(-c2c(F)cc(F)cc2F)c2nc(N3C[C@@H](O)[C@H](O)C3)ccc2c1=O. The van der Waals surface area contributed by atoms with Gasteiger partial charge in [-0.1, -0.05) is 0 Å². The van der Waals surface area contributed by atoms with Crippen molar-refractivity contribution < 1.29 is 41.4 Å². The lowest BCUT2D eigenvalue weighted by molar-refractivity contribution is -0.215. The quantitative estimate of drug-likeness (QED) is 0.438. The van der Waals surface area contributed by atoms with E-state index in [-0.39, 0.29) is 30.7 Å². The molecule has 2 aromatic heterocycles. The summed E-state index contributed by atoms with van der Waals surface area (Å²) < 4.78 is 84.8. The number of anilines is 1. The van der Waals surface area contributed by atoms with Gasteiger partial charge in [-0.2, -0.15) is 13.2 Å². The van der Waals surface area contributed by atoms with Crippen molar-refractivity contribution in [3.8, 4) is 5.69 Å². The van der Waals surface area contributed by atoms with E-state index >= 15 is 0 Å². The highest BCUT2D eigenvalue weighted by Gasteiger charge is 2.59. The molecule has 3 N–H and O–H groups in total. The fourth-order valence-corrected chi connectivity index (χ4v) is 4.72. The molecule has 5 rings (SSSR count). The van der Waals surface area contributed by atoms with E-state index in [0.29, 0.717) is 22.9 Å². The number of nitrogens with one attached hydrogen (secondary N) is 1. The molecule has 1 aliphatic heterocycles. The Labute approximate surface area is 210 Å². The molecule has 1 saturated heterocycles. The number of halogens is 6. The molecule has 2 aliphatic rings. The maximum atomic E-state index is 14.8. The smallest absolute Gasteiger partial charge is 0.389 e. The molecule has 2 atom stereocenters. The average molecular weight is 542 g/mol. The lowest BCUT2D eigenvalue weighted by atomic mass is 9.76. The summed E-state index contributed by atoms with van der Waals surface area (Å²) in [5, 5.41) is 21.2. The molecule has 1 aromatic carbocycles. The number of nitrogens with zero attached hydrogens (tertiary/aromatic N) is 3. The second-order valence-corrected chi connectivity index (χ2v) is 9.43. The van der Waals surface area contributed by atoms with Gasteiger partial charge in [0.05, 0.1) is 17.6 Å². The molecule has 3 aromatic rings. The van der Waals surface area contributed by atoms with Gasteiger partial charge in [-0.15, -0.1) is 0 Å². The summed E-state index contributed by atoms with van der Waals surface area (Å²) in [7, 11) is 0. The number of hydrogen-bond acceptors (Lipinski definition) is 6. The Morgan fingerprint density at radius 3 is 2.18 bits per heavy atom. The second-order valence-electron chi connectivity index (χ2n) is 9.43. The lowest BCUT2D eigenvalue weighted by Crippen LogP contribution is -2.63. The van der Waals surface area contributed by atoms with Crippen molar-refractivity contribution in [3.63, 3.8) is 0 Å². The standard InChI is InChI=1S/C24H20F6N4O4/c25-11-6-14(26)19(15(27)7-11)34-8-13(22(38)32-23(4-1-5-23)24(28,29)30)20(37)12-2-3-18(31-21(12)34)33-9-16(35)17(36)10-33/h2-3,6-8,16-17,35-36H,1,4-5,9-10H2,(H,32,38)/t16-,17-/m1/s1. The zero-order valence-corrected chi connectivity index (χ0v) is 19.4. The molecule has 0 spiro atoms. The fourth-order valence-electron chi connectivity index (χ4n) is 4.72. The number of benzene rings is 1. The van der Waals surface area contributed by atoms with Gasteiger partial charge in [0.2, 0.25) is 5.43 Å². The lowest BCUT2D eigenvalue weighted by Gasteiger charge is -2.43. The summed E-state index contributed by atoms with van der Waals surface area (Å²) in [4.78, 5) is 31.9. The van der Waals surface area contributed by atoms with Crippen molar-refractivity contribution in [1.29, 1.82) is 0 Å². The van der Waals surface area contributed by atoms with Gasteiger partial charge in [0, 0.05) is 31.4 Å². The zero-order valence-electron chi connectivity index (χ0n) is 19.4. The van der Waals surface area contributed by atoms with E-state index in [9.17, 15) is 46.1 Å². The first-order valence-corrected chi connectivity index (χ1v) is 11.5. The topological polar surface area (TPSA) is 108 Å². The highest BCUT2D eigenvalue weighted by Crippen LogP contribution is 2.45. The van der Waals surface area contributed by atoms with Gasteiger partial charge in [0.25, 0.3) is 5.91 Å². The van der Waals surface area contributed by atoms with Gasteiger partial charge in [0.15, 0.2) is 17.3 Å². The highest BCUT2D eigenvalue weighted by molar-refractivity contribution is 5.98. The van der Waals surface area contributed by atoms with Crippen molar-refractivity contribution in [2.24, 2.45) is 0 Å². The number of hydrogen-bond donors (Lipinski definition) is 3. The van der Waals surface area contributed by atoms with E-state index in [1.807, 2.05) is 5.32 Å². The number of pyridine rings is 2. The van der Waals surface area contributed by atoms with Crippen LogP contribution >= 0.6 is 0 Å². The van der Waals surface area contributed by atoms with E-state index in [1.165, 1.54) is 11.0 Å². The number of β-amino-alcohol motifs (C(OH)–C–C–N with tert-alkyl or cyclic N) is 2. The Morgan fingerprint density at radius 2 is 1.66 bits per heavy atom. The number of fused-ring (bicyclic) bond motifs is 1. The van der Waals surface area contributed by atoms with E-state index in [2.05, 4.69) is 4.98 Å². The van der Waals surface area contributed by atoms with Crippen molar-refractivity contribution >= 4 is 22.8 Å². The van der Waals surface area contributed by atoms with Crippen LogP contribution in [0.15, 0.2) is 35.3 Å². The molecule has 14 heteroatoms. The van der Waals surface area contributed by atoms with Crippen molar-refractivity contribution in [2.45, 2.75) is 43.2 Å². The summed E-state index contributed by atoms with van der Waals surface area (Å²) in [6.07, 6.45) is -6.96. The Bertz CT molecular complexity index is 1470. The maximum Gasteiger partial charge on any atom is 0.411 e. The Balaban J connectivity index is 1.70. The monoisotopic (exact) mass is 542 g/mol. The normalized spacial score (nSPS) is 21.0. The first kappa shape index (κ1) is 26.0. The Morgan fingerprint density at radius 1 is 1.05 bits per heavy atom. The number of amides is 1. The van der Waals surface area contributed by atoms with Gasteiger partial charge < -0.3 is 20.4 Å². The molecule has 0 unspecified atom stereocenters. The molecule has 8 nitrogen and oxygen atoms in total. The third-order valence-electron chi connectivity index (χ3n) is 6.99. The number of aliphatic hydroxyl groups is 2. The molecular formula is C24H20F6N4O4. The predicted molar refractivity (Wildman–Crippen MR) is 122 cm³/mol. The minimum absolute atomic E-state index is 0.0524. The first-order valence-electron chi connectivity index (χ1n) is 11.5. The molecule has 1 aliphatic carbocycles. The molecule has 3 heterocycles. The van der Waals surface area contributed by atoms with Gasteiger partial charge >= 0.3 is 6.18 Å². The van der Waals surface area contributed by atoms with Crippen LogP contribution in [0.1, 0.15) is 29.6 Å². The first-order chi connectivity index (χ1) is 17.8. The summed E-state index contributed by atoms with van der Waals surface area (Å²) >= 11 is 0.